The van der Waals surface area contributed by atoms with Crippen molar-refractivity contribution in [1.82, 2.24) is 4.72 Å². The van der Waals surface area contributed by atoms with E-state index in [-0.39, 0.29) is 5.75 Å². The number of ether oxygens (including phenoxy) is 2. The lowest BCUT2D eigenvalue weighted by molar-refractivity contribution is 0.391. The van der Waals surface area contributed by atoms with Crippen molar-refractivity contribution < 1.29 is 17.9 Å². The first-order valence-electron chi connectivity index (χ1n) is 7.76. The van der Waals surface area contributed by atoms with Gasteiger partial charge in [-0.05, 0) is 30.0 Å². The number of benzene rings is 2. The SMILES string of the molecule is COc1ccc(CCNS(=O)(=O)CCc2ccccc2)c(OC)c1. The zero-order valence-corrected chi connectivity index (χ0v) is 14.8. The van der Waals surface area contributed by atoms with Crippen LogP contribution in [0.5, 0.6) is 11.5 Å². The van der Waals surface area contributed by atoms with Gasteiger partial charge in [0.2, 0.25) is 10.0 Å². The molecule has 24 heavy (non-hydrogen) atoms. The fraction of sp³-hybridized carbons (Fsp3) is 0.333. The molecular weight excluding hydrogens is 326 g/mol. The van der Waals surface area contributed by atoms with E-state index in [0.717, 1.165) is 11.1 Å². The Balaban J connectivity index is 1.86. The fourth-order valence-corrected chi connectivity index (χ4v) is 3.43. The highest BCUT2D eigenvalue weighted by Crippen LogP contribution is 2.24. The van der Waals surface area contributed by atoms with Crippen LogP contribution >= 0.6 is 0 Å². The highest BCUT2D eigenvalue weighted by molar-refractivity contribution is 7.89. The van der Waals surface area contributed by atoms with Gasteiger partial charge in [-0.25, -0.2) is 13.1 Å². The number of aryl methyl sites for hydroxylation is 1. The van der Waals surface area contributed by atoms with Crippen LogP contribution in [0.2, 0.25) is 0 Å². The highest BCUT2D eigenvalue weighted by Gasteiger charge is 2.11. The van der Waals surface area contributed by atoms with Gasteiger partial charge in [-0.15, -0.1) is 0 Å². The number of rotatable bonds is 9. The molecule has 0 heterocycles. The standard InChI is InChI=1S/C18H23NO4S/c1-22-17-9-8-16(18(14-17)23-2)10-12-19-24(20,21)13-11-15-6-4-3-5-7-15/h3-9,14,19H,10-13H2,1-2H3. The number of methoxy groups -OCH3 is 2. The Kier molecular flexibility index (Phi) is 6.63. The molecule has 0 saturated carbocycles. The lowest BCUT2D eigenvalue weighted by Gasteiger charge is -2.11. The molecule has 0 bridgehead atoms. The Hall–Kier alpha value is -2.05. The van der Waals surface area contributed by atoms with Crippen molar-refractivity contribution in [3.8, 4) is 11.5 Å². The Labute approximate surface area is 143 Å². The van der Waals surface area contributed by atoms with Gasteiger partial charge >= 0.3 is 0 Å². The van der Waals surface area contributed by atoms with Crippen LogP contribution < -0.4 is 14.2 Å². The van der Waals surface area contributed by atoms with Crippen molar-refractivity contribution in [2.75, 3.05) is 26.5 Å². The largest absolute Gasteiger partial charge is 0.497 e. The zero-order chi connectivity index (χ0) is 17.4. The molecule has 0 aliphatic rings. The van der Waals surface area contributed by atoms with Crippen LogP contribution in [0.4, 0.5) is 0 Å². The van der Waals surface area contributed by atoms with E-state index in [0.29, 0.717) is 30.9 Å². The van der Waals surface area contributed by atoms with Gasteiger partial charge in [0, 0.05) is 12.6 Å². The van der Waals surface area contributed by atoms with E-state index in [1.807, 2.05) is 42.5 Å². The number of nitrogens with one attached hydrogen (secondary N) is 1. The molecule has 0 unspecified atom stereocenters. The first-order valence-corrected chi connectivity index (χ1v) is 9.41. The van der Waals surface area contributed by atoms with Gasteiger partial charge in [0.05, 0.1) is 20.0 Å². The van der Waals surface area contributed by atoms with Crippen LogP contribution in [0, 0.1) is 0 Å². The average Bonchev–Trinajstić information content (AvgIpc) is 2.61. The molecular formula is C18H23NO4S. The van der Waals surface area contributed by atoms with Gasteiger partial charge in [-0.1, -0.05) is 36.4 Å². The summed E-state index contributed by atoms with van der Waals surface area (Å²) in [6, 6.07) is 15.1. The summed E-state index contributed by atoms with van der Waals surface area (Å²) in [6.07, 6.45) is 1.06. The molecule has 6 heteroatoms. The molecule has 2 aromatic rings. The maximum atomic E-state index is 12.1. The maximum Gasteiger partial charge on any atom is 0.211 e. The molecule has 0 fully saturated rings. The van der Waals surface area contributed by atoms with Gasteiger partial charge < -0.3 is 9.47 Å². The van der Waals surface area contributed by atoms with E-state index in [9.17, 15) is 8.42 Å². The van der Waals surface area contributed by atoms with Crippen molar-refractivity contribution in [1.29, 1.82) is 0 Å². The van der Waals surface area contributed by atoms with Crippen molar-refractivity contribution in [2.45, 2.75) is 12.8 Å². The summed E-state index contributed by atoms with van der Waals surface area (Å²) >= 11 is 0. The summed E-state index contributed by atoms with van der Waals surface area (Å²) < 4.78 is 37.3. The van der Waals surface area contributed by atoms with Crippen molar-refractivity contribution in [2.24, 2.45) is 0 Å². The molecule has 0 aliphatic heterocycles. The monoisotopic (exact) mass is 349 g/mol. The normalized spacial score (nSPS) is 11.2. The summed E-state index contributed by atoms with van der Waals surface area (Å²) in [7, 11) is -0.120. The molecule has 2 aromatic carbocycles. The second-order valence-electron chi connectivity index (χ2n) is 5.38. The predicted molar refractivity (Wildman–Crippen MR) is 95.2 cm³/mol. The van der Waals surface area contributed by atoms with Crippen molar-refractivity contribution in [3.05, 3.63) is 59.7 Å². The third kappa shape index (κ3) is 5.54. The smallest absolute Gasteiger partial charge is 0.211 e. The van der Waals surface area contributed by atoms with E-state index in [2.05, 4.69) is 4.72 Å². The second-order valence-corrected chi connectivity index (χ2v) is 7.30. The quantitative estimate of drug-likeness (QED) is 0.755. The van der Waals surface area contributed by atoms with Crippen molar-refractivity contribution in [3.63, 3.8) is 0 Å². The second kappa shape index (κ2) is 8.70. The Morgan fingerprint density at radius 1 is 0.958 bits per heavy atom. The van der Waals surface area contributed by atoms with Crippen LogP contribution in [-0.2, 0) is 22.9 Å². The first-order chi connectivity index (χ1) is 11.5. The Morgan fingerprint density at radius 2 is 1.71 bits per heavy atom. The Morgan fingerprint density at radius 3 is 2.38 bits per heavy atom. The van der Waals surface area contributed by atoms with Crippen LogP contribution in [0.25, 0.3) is 0 Å². The molecule has 2 rings (SSSR count). The topological polar surface area (TPSA) is 64.6 Å². The summed E-state index contributed by atoms with van der Waals surface area (Å²) in [5.74, 6) is 1.48. The number of hydrogen-bond acceptors (Lipinski definition) is 4. The van der Waals surface area contributed by atoms with Crippen LogP contribution in [-0.4, -0.2) is 34.9 Å². The summed E-state index contributed by atoms with van der Waals surface area (Å²) in [6.45, 7) is 0.333. The molecule has 1 N–H and O–H groups in total. The van der Waals surface area contributed by atoms with Gasteiger partial charge in [0.1, 0.15) is 11.5 Å². The molecule has 0 amide bonds. The maximum absolute atomic E-state index is 12.1. The summed E-state index contributed by atoms with van der Waals surface area (Å²) in [5.41, 5.74) is 1.95. The average molecular weight is 349 g/mol. The van der Waals surface area contributed by atoms with Gasteiger partial charge in [0.15, 0.2) is 0 Å². The van der Waals surface area contributed by atoms with Gasteiger partial charge in [-0.2, -0.15) is 0 Å². The number of sulfonamides is 1. The molecule has 0 aliphatic carbocycles. The van der Waals surface area contributed by atoms with Crippen molar-refractivity contribution >= 4 is 10.0 Å². The van der Waals surface area contributed by atoms with E-state index < -0.39 is 10.0 Å². The lowest BCUT2D eigenvalue weighted by atomic mass is 10.1. The van der Waals surface area contributed by atoms with Gasteiger partial charge in [0.25, 0.3) is 0 Å². The molecule has 0 aromatic heterocycles. The predicted octanol–water partition coefficient (Wildman–Crippen LogP) is 2.41. The molecule has 130 valence electrons. The van der Waals surface area contributed by atoms with Gasteiger partial charge in [-0.3, -0.25) is 0 Å². The first kappa shape index (κ1) is 18.3. The van der Waals surface area contributed by atoms with Crippen LogP contribution in [0.3, 0.4) is 0 Å². The third-order valence-electron chi connectivity index (χ3n) is 3.71. The minimum atomic E-state index is -3.30. The van der Waals surface area contributed by atoms with E-state index in [4.69, 9.17) is 9.47 Å². The van der Waals surface area contributed by atoms with Crippen LogP contribution in [0.1, 0.15) is 11.1 Å². The fourth-order valence-electron chi connectivity index (χ4n) is 2.37. The highest BCUT2D eigenvalue weighted by atomic mass is 32.2. The Bertz CT molecular complexity index is 745. The molecule has 0 radical (unpaired) electrons. The lowest BCUT2D eigenvalue weighted by Crippen LogP contribution is -2.29. The molecule has 0 saturated heterocycles. The van der Waals surface area contributed by atoms with E-state index in [1.54, 1.807) is 20.3 Å². The summed E-state index contributed by atoms with van der Waals surface area (Å²) in [4.78, 5) is 0. The minimum absolute atomic E-state index is 0.0801. The summed E-state index contributed by atoms with van der Waals surface area (Å²) in [5, 5.41) is 0. The zero-order valence-electron chi connectivity index (χ0n) is 14.0. The minimum Gasteiger partial charge on any atom is -0.497 e. The number of hydrogen-bond donors (Lipinski definition) is 1. The van der Waals surface area contributed by atoms with E-state index in [1.165, 1.54) is 0 Å². The molecule has 0 spiro atoms. The van der Waals surface area contributed by atoms with E-state index >= 15 is 0 Å². The molecule has 0 atom stereocenters. The van der Waals surface area contributed by atoms with Crippen LogP contribution in [0.15, 0.2) is 48.5 Å². The third-order valence-corrected chi connectivity index (χ3v) is 5.10. The molecule has 5 nitrogen and oxygen atoms in total.